The van der Waals surface area contributed by atoms with Crippen molar-refractivity contribution < 1.29 is 20.0 Å². The van der Waals surface area contributed by atoms with Gasteiger partial charge in [-0.15, -0.1) is 0 Å². The predicted molar refractivity (Wildman–Crippen MR) is 181 cm³/mol. The Balaban J connectivity index is 1.36. The molecule has 0 bridgehead atoms. The minimum absolute atomic E-state index is 0.209. The molecule has 43 heavy (non-hydrogen) atoms. The van der Waals surface area contributed by atoms with Crippen molar-refractivity contribution in [2.24, 2.45) is 5.41 Å². The van der Waals surface area contributed by atoms with Crippen LogP contribution in [0.2, 0.25) is 9.36 Å². The van der Waals surface area contributed by atoms with E-state index in [1.165, 1.54) is 87.7 Å². The van der Waals surface area contributed by atoms with Gasteiger partial charge in [0.25, 0.3) is 0 Å². The van der Waals surface area contributed by atoms with Crippen molar-refractivity contribution in [1.29, 1.82) is 0 Å². The van der Waals surface area contributed by atoms with E-state index < -0.39 is 20.0 Å². The third kappa shape index (κ3) is 4.10. The SMILES string of the molecule is Cc1cc(C)cc(-c2cccc3c2C=C2[CH]3[Hf]([CH3])([CH3])[CH]3C(=Cc4c(-c5cc(C)cc(C)c5)cccc43)C23CCCCC3)c1. The van der Waals surface area contributed by atoms with Crippen molar-refractivity contribution in [3.05, 3.63) is 128 Å². The summed E-state index contributed by atoms with van der Waals surface area (Å²) in [6.07, 6.45) is 12.2. The van der Waals surface area contributed by atoms with Crippen LogP contribution in [0.1, 0.15) is 84.0 Å². The third-order valence-corrected chi connectivity index (χ3v) is 26.7. The second kappa shape index (κ2) is 9.87. The molecule has 2 atom stereocenters. The maximum atomic E-state index is 2.80. The van der Waals surface area contributed by atoms with Crippen LogP contribution in [0.25, 0.3) is 34.4 Å². The van der Waals surface area contributed by atoms with E-state index >= 15 is 0 Å². The normalized spacial score (nSPS) is 22.4. The number of benzene rings is 4. The Labute approximate surface area is 263 Å². The van der Waals surface area contributed by atoms with Gasteiger partial charge < -0.3 is 0 Å². The Kier molecular flexibility index (Phi) is 6.37. The zero-order valence-corrected chi connectivity index (χ0v) is 30.4. The van der Waals surface area contributed by atoms with Crippen molar-refractivity contribution in [2.75, 3.05) is 0 Å². The minimum atomic E-state index is -3.07. The summed E-state index contributed by atoms with van der Waals surface area (Å²) in [6.45, 7) is 8.97. The molecule has 2 fully saturated rings. The molecule has 0 aromatic heterocycles. The van der Waals surface area contributed by atoms with E-state index in [4.69, 9.17) is 0 Å². The van der Waals surface area contributed by atoms with Gasteiger partial charge in [-0.2, -0.15) is 0 Å². The van der Waals surface area contributed by atoms with Crippen LogP contribution in [0.5, 0.6) is 0 Å². The number of rotatable bonds is 2. The fourth-order valence-corrected chi connectivity index (χ4v) is 27.2. The molecule has 1 saturated heterocycles. The van der Waals surface area contributed by atoms with Crippen LogP contribution >= 0.6 is 0 Å². The van der Waals surface area contributed by atoms with Gasteiger partial charge in [0, 0.05) is 0 Å². The van der Waals surface area contributed by atoms with Crippen LogP contribution in [-0.2, 0) is 20.0 Å². The molecular formula is C42H44Hf. The van der Waals surface area contributed by atoms with Crippen molar-refractivity contribution >= 4 is 12.2 Å². The molecule has 1 aliphatic heterocycles. The molecule has 1 saturated carbocycles. The summed E-state index contributed by atoms with van der Waals surface area (Å²) < 4.78 is 6.92. The summed E-state index contributed by atoms with van der Waals surface area (Å²) in [7, 11) is 0. The summed E-state index contributed by atoms with van der Waals surface area (Å²) in [5.41, 5.74) is 21.3. The van der Waals surface area contributed by atoms with Gasteiger partial charge in [-0.1, -0.05) is 0 Å². The van der Waals surface area contributed by atoms with Crippen molar-refractivity contribution in [1.82, 2.24) is 0 Å². The number of aryl methyl sites for hydroxylation is 4. The topological polar surface area (TPSA) is 0 Å². The van der Waals surface area contributed by atoms with E-state index in [1.807, 2.05) is 11.1 Å². The Bertz CT molecular complexity index is 1700. The molecule has 1 heteroatoms. The molecule has 2 unspecified atom stereocenters. The van der Waals surface area contributed by atoms with Gasteiger partial charge in [0.05, 0.1) is 0 Å². The van der Waals surface area contributed by atoms with Crippen molar-refractivity contribution in [3.8, 4) is 22.3 Å². The zero-order valence-electron chi connectivity index (χ0n) is 26.8. The molecule has 1 heterocycles. The molecule has 216 valence electrons. The van der Waals surface area contributed by atoms with Crippen molar-refractivity contribution in [3.63, 3.8) is 0 Å². The second-order valence-electron chi connectivity index (χ2n) is 14.9. The number of allylic oxidation sites excluding steroid dienone is 2. The quantitative estimate of drug-likeness (QED) is 0.180. The van der Waals surface area contributed by atoms with Gasteiger partial charge in [-0.25, -0.2) is 0 Å². The summed E-state index contributed by atoms with van der Waals surface area (Å²) in [6, 6.07) is 28.8. The first-order valence-electron chi connectivity index (χ1n) is 16.5. The van der Waals surface area contributed by atoms with E-state index in [0.717, 1.165) is 0 Å². The van der Waals surface area contributed by atoms with Crippen LogP contribution in [-0.4, -0.2) is 0 Å². The van der Waals surface area contributed by atoms with Crippen LogP contribution in [0.4, 0.5) is 0 Å². The Hall–Kier alpha value is -2.77. The summed E-state index contributed by atoms with van der Waals surface area (Å²) >= 11 is -3.07. The molecule has 4 aromatic rings. The zero-order chi connectivity index (χ0) is 29.7. The van der Waals surface area contributed by atoms with Gasteiger partial charge in [0.1, 0.15) is 0 Å². The van der Waals surface area contributed by atoms with Gasteiger partial charge in [0.15, 0.2) is 0 Å². The van der Waals surface area contributed by atoms with E-state index in [1.54, 1.807) is 11.1 Å². The molecule has 4 aromatic carbocycles. The van der Waals surface area contributed by atoms with Crippen LogP contribution < -0.4 is 0 Å². The van der Waals surface area contributed by atoms with Gasteiger partial charge in [-0.3, -0.25) is 0 Å². The molecule has 4 aliphatic rings. The predicted octanol–water partition coefficient (Wildman–Crippen LogP) is 12.0. The average Bonchev–Trinajstić information content (AvgIpc) is 3.57. The summed E-state index contributed by atoms with van der Waals surface area (Å²) in [5, 5.41) is 0. The molecule has 0 nitrogen and oxygen atoms in total. The first-order valence-corrected chi connectivity index (χ1v) is 27.9. The second-order valence-corrected chi connectivity index (χ2v) is 32.1. The molecule has 3 aliphatic carbocycles. The Morgan fingerprint density at radius 3 is 1.40 bits per heavy atom. The molecule has 0 N–H and O–H groups in total. The van der Waals surface area contributed by atoms with Crippen molar-refractivity contribution in [2.45, 2.75) is 76.5 Å². The fourth-order valence-electron chi connectivity index (χ4n) is 10.1. The van der Waals surface area contributed by atoms with Gasteiger partial charge in [0.2, 0.25) is 0 Å². The molecule has 0 amide bonds. The van der Waals surface area contributed by atoms with E-state index in [0.29, 0.717) is 7.35 Å². The Morgan fingerprint density at radius 1 is 0.558 bits per heavy atom. The molecular weight excluding hydrogens is 683 g/mol. The van der Waals surface area contributed by atoms with E-state index in [2.05, 4.69) is 122 Å². The Morgan fingerprint density at radius 2 is 0.977 bits per heavy atom. The van der Waals surface area contributed by atoms with E-state index in [-0.39, 0.29) is 5.41 Å². The van der Waals surface area contributed by atoms with Crippen LogP contribution in [0, 0.1) is 33.1 Å². The average molecular weight is 727 g/mol. The first-order chi connectivity index (χ1) is 20.7. The fraction of sp³-hybridized carbons (Fsp3) is 0.333. The molecule has 1 spiro atoms. The van der Waals surface area contributed by atoms with Gasteiger partial charge >= 0.3 is 265 Å². The number of hydrogen-bond donors (Lipinski definition) is 0. The van der Waals surface area contributed by atoms with Crippen LogP contribution in [0.15, 0.2) is 83.9 Å². The monoisotopic (exact) mass is 728 g/mol. The standard InChI is InChI=1S/C40H38.2CH3.Hf/c1-26-16-27(2)19-32(18-26)36-12-8-10-30-22-34(24-38(30)36)40(14-6-5-7-15-40)35-23-31-11-9-13-37(39(31)25-35)33-20-28(3)17-29(4)21-33;;;/h8-13,16-25H,5-7,14-15H2,1-4H3;2*1H3;. The molecule has 8 rings (SSSR count). The first kappa shape index (κ1) is 27.8. The third-order valence-electron chi connectivity index (χ3n) is 11.5. The maximum absolute atomic E-state index is 3.07. The summed E-state index contributed by atoms with van der Waals surface area (Å²) in [5.74, 6) is 0. The molecule has 0 radical (unpaired) electrons. The van der Waals surface area contributed by atoms with Gasteiger partial charge in [-0.05, 0) is 0 Å². The summed E-state index contributed by atoms with van der Waals surface area (Å²) in [4.78, 5) is 0. The van der Waals surface area contributed by atoms with E-state index in [9.17, 15) is 0 Å². The number of hydrogen-bond acceptors (Lipinski definition) is 0. The number of fused-ring (bicyclic) bond motifs is 8. The van der Waals surface area contributed by atoms with Crippen LogP contribution in [0.3, 0.4) is 0 Å².